The van der Waals surface area contributed by atoms with Gasteiger partial charge in [-0.25, -0.2) is 18.6 Å². The lowest BCUT2D eigenvalue weighted by atomic mass is 10.1. The van der Waals surface area contributed by atoms with Gasteiger partial charge in [0.05, 0.1) is 12.2 Å². The van der Waals surface area contributed by atoms with E-state index in [1.165, 1.54) is 6.92 Å². The predicted octanol–water partition coefficient (Wildman–Crippen LogP) is 2.38. The van der Waals surface area contributed by atoms with E-state index < -0.39 is 18.1 Å². The van der Waals surface area contributed by atoms with Crippen LogP contribution in [-0.2, 0) is 4.74 Å². The van der Waals surface area contributed by atoms with Crippen LogP contribution in [0.15, 0.2) is 6.07 Å². The fraction of sp³-hybridized carbons (Fsp3) is 0.364. The van der Waals surface area contributed by atoms with E-state index in [1.807, 2.05) is 0 Å². The molecule has 1 heterocycles. The number of halogens is 2. The number of nitrogens with zero attached hydrogens (tertiary/aromatic N) is 2. The number of carbonyl (C=O) groups excluding carboxylic acids is 1. The number of pyridine rings is 1. The highest BCUT2D eigenvalue weighted by Crippen LogP contribution is 2.24. The molecule has 1 rings (SSSR count). The van der Waals surface area contributed by atoms with Crippen molar-refractivity contribution in [2.45, 2.75) is 20.3 Å². The van der Waals surface area contributed by atoms with Crippen LogP contribution in [0.2, 0.25) is 0 Å². The summed E-state index contributed by atoms with van der Waals surface area (Å²) in [4.78, 5) is 15.0. The van der Waals surface area contributed by atoms with Crippen LogP contribution >= 0.6 is 0 Å². The molecular weight excluding hydrogens is 230 g/mol. The highest BCUT2D eigenvalue weighted by molar-refractivity contribution is 5.91. The van der Waals surface area contributed by atoms with Crippen molar-refractivity contribution in [3.63, 3.8) is 0 Å². The van der Waals surface area contributed by atoms with Gasteiger partial charge >= 0.3 is 5.97 Å². The summed E-state index contributed by atoms with van der Waals surface area (Å²) in [5.41, 5.74) is -0.799. The van der Waals surface area contributed by atoms with Crippen LogP contribution in [0.1, 0.15) is 40.7 Å². The third-order valence-corrected chi connectivity index (χ3v) is 2.13. The minimum Gasteiger partial charge on any atom is -0.462 e. The summed E-state index contributed by atoms with van der Waals surface area (Å²) >= 11 is 0. The highest BCUT2D eigenvalue weighted by atomic mass is 19.3. The molecule has 0 aliphatic carbocycles. The second-order valence-electron chi connectivity index (χ2n) is 3.20. The minimum absolute atomic E-state index is 0.0393. The van der Waals surface area contributed by atoms with Crippen LogP contribution < -0.4 is 0 Å². The third-order valence-electron chi connectivity index (χ3n) is 2.13. The molecule has 0 aliphatic heterocycles. The van der Waals surface area contributed by atoms with Crippen molar-refractivity contribution >= 4 is 5.97 Å². The molecule has 0 spiro atoms. The first-order valence-electron chi connectivity index (χ1n) is 4.88. The Labute approximate surface area is 96.8 Å². The number of hydrogen-bond acceptors (Lipinski definition) is 4. The SMILES string of the molecule is CCOC(=O)c1cc(C#N)nc(C(F)F)c1C. The van der Waals surface area contributed by atoms with Crippen LogP contribution in [0.5, 0.6) is 0 Å². The number of ether oxygens (including phenoxy) is 1. The van der Waals surface area contributed by atoms with Crippen molar-refractivity contribution in [2.24, 2.45) is 0 Å². The van der Waals surface area contributed by atoms with E-state index in [4.69, 9.17) is 10.00 Å². The van der Waals surface area contributed by atoms with Crippen molar-refractivity contribution in [1.82, 2.24) is 4.98 Å². The molecule has 0 saturated heterocycles. The van der Waals surface area contributed by atoms with Gasteiger partial charge in [0.15, 0.2) is 0 Å². The lowest BCUT2D eigenvalue weighted by molar-refractivity contribution is 0.0524. The number of alkyl halides is 2. The fourth-order valence-electron chi connectivity index (χ4n) is 1.32. The maximum Gasteiger partial charge on any atom is 0.338 e. The topological polar surface area (TPSA) is 63.0 Å². The van der Waals surface area contributed by atoms with E-state index in [0.29, 0.717) is 0 Å². The molecule has 90 valence electrons. The highest BCUT2D eigenvalue weighted by Gasteiger charge is 2.21. The Hall–Kier alpha value is -2.03. The third kappa shape index (κ3) is 2.75. The molecule has 0 amide bonds. The van der Waals surface area contributed by atoms with E-state index in [-0.39, 0.29) is 23.4 Å². The summed E-state index contributed by atoms with van der Waals surface area (Å²) in [6.07, 6.45) is -2.84. The van der Waals surface area contributed by atoms with Gasteiger partial charge < -0.3 is 4.74 Å². The molecule has 0 N–H and O–H groups in total. The van der Waals surface area contributed by atoms with E-state index in [1.54, 1.807) is 13.0 Å². The van der Waals surface area contributed by atoms with Gasteiger partial charge in [-0.15, -0.1) is 0 Å². The molecule has 17 heavy (non-hydrogen) atoms. The Bertz CT molecular complexity index is 481. The maximum absolute atomic E-state index is 12.6. The van der Waals surface area contributed by atoms with Crippen molar-refractivity contribution in [1.29, 1.82) is 5.26 Å². The molecular formula is C11H10F2N2O2. The molecule has 0 fully saturated rings. The lowest BCUT2D eigenvalue weighted by Gasteiger charge is -2.09. The zero-order valence-corrected chi connectivity index (χ0v) is 9.33. The van der Waals surface area contributed by atoms with Gasteiger partial charge in [0.2, 0.25) is 0 Å². The first kappa shape index (κ1) is 13.0. The number of rotatable bonds is 3. The van der Waals surface area contributed by atoms with E-state index in [2.05, 4.69) is 4.98 Å². The second kappa shape index (κ2) is 5.34. The average molecular weight is 240 g/mol. The van der Waals surface area contributed by atoms with Gasteiger partial charge in [0.1, 0.15) is 17.5 Å². The Morgan fingerprint density at radius 1 is 1.65 bits per heavy atom. The summed E-state index contributed by atoms with van der Waals surface area (Å²) in [5, 5.41) is 8.66. The van der Waals surface area contributed by atoms with Crippen molar-refractivity contribution in [2.75, 3.05) is 6.61 Å². The summed E-state index contributed by atoms with van der Waals surface area (Å²) in [5.74, 6) is -0.731. The fourth-order valence-corrected chi connectivity index (χ4v) is 1.32. The number of esters is 1. The number of hydrogen-bond donors (Lipinski definition) is 0. The number of nitriles is 1. The van der Waals surface area contributed by atoms with Gasteiger partial charge in [-0.1, -0.05) is 0 Å². The van der Waals surface area contributed by atoms with Crippen molar-refractivity contribution in [3.8, 4) is 6.07 Å². The normalized spacial score (nSPS) is 10.1. The molecule has 0 saturated carbocycles. The minimum atomic E-state index is -2.84. The molecule has 0 radical (unpaired) electrons. The van der Waals surface area contributed by atoms with Crippen LogP contribution in [0.3, 0.4) is 0 Å². The van der Waals surface area contributed by atoms with Gasteiger partial charge in [-0.2, -0.15) is 5.26 Å². The van der Waals surface area contributed by atoms with Gasteiger partial charge in [-0.05, 0) is 25.5 Å². The maximum atomic E-state index is 12.6. The first-order valence-corrected chi connectivity index (χ1v) is 4.88. The van der Waals surface area contributed by atoms with E-state index in [9.17, 15) is 13.6 Å². The molecule has 1 aromatic rings. The largest absolute Gasteiger partial charge is 0.462 e. The zero-order valence-electron chi connectivity index (χ0n) is 9.33. The Morgan fingerprint density at radius 2 is 2.29 bits per heavy atom. The number of carbonyl (C=O) groups is 1. The van der Waals surface area contributed by atoms with Gasteiger partial charge in [0, 0.05) is 0 Å². The Balaban J connectivity index is 3.35. The molecule has 0 aromatic carbocycles. The second-order valence-corrected chi connectivity index (χ2v) is 3.20. The summed E-state index contributed by atoms with van der Waals surface area (Å²) in [7, 11) is 0. The molecule has 4 nitrogen and oxygen atoms in total. The van der Waals surface area contributed by atoms with E-state index in [0.717, 1.165) is 6.07 Å². The molecule has 0 bridgehead atoms. The van der Waals surface area contributed by atoms with Crippen LogP contribution in [0.25, 0.3) is 0 Å². The van der Waals surface area contributed by atoms with Crippen LogP contribution in [-0.4, -0.2) is 17.6 Å². The quantitative estimate of drug-likeness (QED) is 0.761. The molecule has 0 atom stereocenters. The Morgan fingerprint density at radius 3 is 2.76 bits per heavy atom. The van der Waals surface area contributed by atoms with Gasteiger partial charge in [-0.3, -0.25) is 0 Å². The molecule has 0 aliphatic rings. The standard InChI is InChI=1S/C11H10F2N2O2/c1-3-17-11(16)8-4-7(5-14)15-9(6(8)2)10(12)13/h4,10H,3H2,1-2H3. The first-order chi connectivity index (χ1) is 8.01. The Kier molecular flexibility index (Phi) is 4.10. The van der Waals surface area contributed by atoms with Crippen LogP contribution in [0, 0.1) is 18.3 Å². The average Bonchev–Trinajstić information content (AvgIpc) is 2.29. The van der Waals surface area contributed by atoms with Crippen LogP contribution in [0.4, 0.5) is 8.78 Å². The van der Waals surface area contributed by atoms with E-state index >= 15 is 0 Å². The number of aromatic nitrogens is 1. The monoisotopic (exact) mass is 240 g/mol. The lowest BCUT2D eigenvalue weighted by Crippen LogP contribution is -2.11. The molecule has 6 heteroatoms. The molecule has 1 aromatic heterocycles. The predicted molar refractivity (Wildman–Crippen MR) is 54.6 cm³/mol. The van der Waals surface area contributed by atoms with Crippen molar-refractivity contribution < 1.29 is 18.3 Å². The summed E-state index contributed by atoms with van der Waals surface area (Å²) in [6.45, 7) is 3.09. The van der Waals surface area contributed by atoms with Crippen molar-refractivity contribution in [3.05, 3.63) is 28.6 Å². The smallest absolute Gasteiger partial charge is 0.338 e. The van der Waals surface area contributed by atoms with Gasteiger partial charge in [0.25, 0.3) is 6.43 Å². The summed E-state index contributed by atoms with van der Waals surface area (Å²) in [6, 6.07) is 2.79. The zero-order chi connectivity index (χ0) is 13.0. The molecule has 0 unspecified atom stereocenters. The summed E-state index contributed by atoms with van der Waals surface area (Å²) < 4.78 is 30.0.